The molecule has 1 aromatic rings. The van der Waals surface area contributed by atoms with Crippen molar-refractivity contribution in [3.05, 3.63) is 33.7 Å². The lowest BCUT2D eigenvalue weighted by Crippen LogP contribution is -1.93. The summed E-state index contributed by atoms with van der Waals surface area (Å²) in [4.78, 5) is 10.0. The van der Waals surface area contributed by atoms with Gasteiger partial charge in [0.2, 0.25) is 0 Å². The first-order valence-electron chi connectivity index (χ1n) is 3.01. The van der Waals surface area contributed by atoms with Gasteiger partial charge in [-0.25, -0.2) is 5.21 Å². The molecule has 0 spiro atoms. The number of benzene rings is 1. The zero-order valence-corrected chi connectivity index (χ0v) is 6.62. The van der Waals surface area contributed by atoms with Crippen LogP contribution in [0.25, 0.3) is 0 Å². The largest absolute Gasteiger partial charge is 0.336 e. The summed E-state index contributed by atoms with van der Waals surface area (Å²) in [5, 5.41) is 17.1. The van der Waals surface area contributed by atoms with Crippen LogP contribution in [0.4, 0.5) is 5.69 Å². The fraction of sp³-hybridized carbons (Fsp3) is 0. The third kappa shape index (κ3) is 1.52. The highest BCUT2D eigenvalue weighted by Crippen LogP contribution is 2.23. The number of hydrogen-bond acceptors (Lipinski definition) is 2. The number of hydrogen-bond donors (Lipinski definition) is 1. The van der Waals surface area contributed by atoms with Crippen molar-refractivity contribution in [3.8, 4) is 6.07 Å². The van der Waals surface area contributed by atoms with Gasteiger partial charge in [0.1, 0.15) is 5.02 Å². The minimum Gasteiger partial charge on any atom is -0.241 e. The molecule has 1 N–H and O–H groups in total. The molecule has 5 heteroatoms. The highest BCUT2D eigenvalue weighted by Gasteiger charge is 2.17. The van der Waals surface area contributed by atoms with Crippen LogP contribution < -0.4 is 0 Å². The number of nitrogens with zero attached hydrogens (tertiary/aromatic N) is 2. The zero-order chi connectivity index (χ0) is 9.14. The Morgan fingerprint density at radius 3 is 2.75 bits per heavy atom. The summed E-state index contributed by atoms with van der Waals surface area (Å²) in [5.41, 5.74) is 0.139. The first kappa shape index (κ1) is 8.50. The second kappa shape index (κ2) is 3.20. The Bertz CT molecular complexity index is 370. The summed E-state index contributed by atoms with van der Waals surface area (Å²) in [6.45, 7) is 0. The monoisotopic (exact) mass is 183 g/mol. The van der Waals surface area contributed by atoms with Crippen LogP contribution in [0, 0.1) is 16.2 Å². The molecule has 1 rings (SSSR count). The average Bonchev–Trinajstić information content (AvgIpc) is 2.05. The molecule has 4 nitrogen and oxygen atoms in total. The smallest absolute Gasteiger partial charge is 0.241 e. The fourth-order valence-electron chi connectivity index (χ4n) is 0.729. The van der Waals surface area contributed by atoms with Crippen LogP contribution in [0.1, 0.15) is 5.56 Å². The van der Waals surface area contributed by atoms with Crippen molar-refractivity contribution < 1.29 is 10.1 Å². The molecule has 1 aromatic carbocycles. The summed E-state index contributed by atoms with van der Waals surface area (Å²) in [7, 11) is 0. The Hall–Kier alpha value is -1.60. The van der Waals surface area contributed by atoms with Crippen molar-refractivity contribution in [2.24, 2.45) is 0 Å². The third-order valence-electron chi connectivity index (χ3n) is 1.28. The lowest BCUT2D eigenvalue weighted by atomic mass is 10.2. The molecular formula is C7H4ClN2O2+. The summed E-state index contributed by atoms with van der Waals surface area (Å²) in [6, 6.07) is 5.84. The van der Waals surface area contributed by atoms with Gasteiger partial charge in [-0.3, -0.25) is 0 Å². The molecule has 0 amide bonds. The summed E-state index contributed by atoms with van der Waals surface area (Å²) < 4.78 is 0. The van der Waals surface area contributed by atoms with E-state index >= 15 is 0 Å². The summed E-state index contributed by atoms with van der Waals surface area (Å²) in [5.74, 6) is 0. The second-order valence-corrected chi connectivity index (χ2v) is 2.46. The molecule has 0 aliphatic carbocycles. The fourth-order valence-corrected chi connectivity index (χ4v) is 0.919. The SMILES string of the molecule is N#Cc1ccc(Cl)c([N+](=O)O)c1. The van der Waals surface area contributed by atoms with E-state index < -0.39 is 0 Å². The maximum Gasteiger partial charge on any atom is 0.336 e. The molecule has 60 valence electrons. The zero-order valence-electron chi connectivity index (χ0n) is 5.86. The minimum atomic E-state index is -0.372. The van der Waals surface area contributed by atoms with E-state index in [0.717, 1.165) is 0 Å². The van der Waals surface area contributed by atoms with Crippen LogP contribution in [-0.2, 0) is 0 Å². The van der Waals surface area contributed by atoms with Gasteiger partial charge in [0, 0.05) is 6.07 Å². The van der Waals surface area contributed by atoms with Crippen molar-refractivity contribution >= 4 is 17.3 Å². The maximum absolute atomic E-state index is 10.4. The van der Waals surface area contributed by atoms with Gasteiger partial charge in [-0.05, 0) is 12.1 Å². The lowest BCUT2D eigenvalue weighted by Gasteiger charge is -1.89. The van der Waals surface area contributed by atoms with Gasteiger partial charge < -0.3 is 0 Å². The Balaban J connectivity index is 3.28. The highest BCUT2D eigenvalue weighted by atomic mass is 35.5. The Morgan fingerprint density at radius 2 is 2.25 bits per heavy atom. The molecule has 0 aromatic heterocycles. The van der Waals surface area contributed by atoms with Gasteiger partial charge in [0.05, 0.1) is 16.5 Å². The van der Waals surface area contributed by atoms with Crippen LogP contribution >= 0.6 is 11.6 Å². The summed E-state index contributed by atoms with van der Waals surface area (Å²) in [6.07, 6.45) is 0. The Kier molecular flexibility index (Phi) is 2.26. The quantitative estimate of drug-likeness (QED) is 0.678. The molecule has 0 aliphatic rings. The van der Waals surface area contributed by atoms with Gasteiger partial charge in [-0.1, -0.05) is 11.6 Å². The number of halogens is 1. The van der Waals surface area contributed by atoms with E-state index in [2.05, 4.69) is 0 Å². The molecule has 0 heterocycles. The normalized spacial score (nSPS) is 9.00. The Morgan fingerprint density at radius 1 is 1.58 bits per heavy atom. The van der Waals surface area contributed by atoms with Crippen LogP contribution in [0.5, 0.6) is 0 Å². The van der Waals surface area contributed by atoms with Crippen LogP contribution in [0.15, 0.2) is 18.2 Å². The third-order valence-corrected chi connectivity index (χ3v) is 1.60. The van der Waals surface area contributed by atoms with Crippen molar-refractivity contribution in [1.82, 2.24) is 0 Å². The van der Waals surface area contributed by atoms with Gasteiger partial charge in [0.15, 0.2) is 0 Å². The molecule has 0 bridgehead atoms. The molecule has 0 atom stereocenters. The molecule has 12 heavy (non-hydrogen) atoms. The second-order valence-electron chi connectivity index (χ2n) is 2.05. The van der Waals surface area contributed by atoms with Crippen molar-refractivity contribution in [2.75, 3.05) is 0 Å². The van der Waals surface area contributed by atoms with Crippen molar-refractivity contribution in [3.63, 3.8) is 0 Å². The highest BCUT2D eigenvalue weighted by molar-refractivity contribution is 6.32. The van der Waals surface area contributed by atoms with E-state index in [9.17, 15) is 4.91 Å². The van der Waals surface area contributed by atoms with Gasteiger partial charge in [0.25, 0.3) is 4.92 Å². The van der Waals surface area contributed by atoms with E-state index in [1.54, 1.807) is 0 Å². The van der Waals surface area contributed by atoms with Crippen molar-refractivity contribution in [2.45, 2.75) is 0 Å². The molecular weight excluding hydrogens is 180 g/mol. The molecule has 0 saturated carbocycles. The topological polar surface area (TPSA) is 64.1 Å². The Labute approximate surface area is 73.1 Å². The molecule has 0 saturated heterocycles. The van der Waals surface area contributed by atoms with Crippen LogP contribution in [-0.4, -0.2) is 10.1 Å². The van der Waals surface area contributed by atoms with E-state index in [4.69, 9.17) is 22.1 Å². The predicted molar refractivity (Wildman–Crippen MR) is 41.2 cm³/mol. The molecule has 0 aliphatic heterocycles. The standard InChI is InChI=1S/C7H4ClN2O2/c8-6-2-1-5(4-9)3-7(6)10(11)12/h1-3H,(H,11,12)/q+1. The first-order valence-corrected chi connectivity index (χ1v) is 3.38. The van der Waals surface area contributed by atoms with Crippen molar-refractivity contribution in [1.29, 1.82) is 5.26 Å². The number of rotatable bonds is 1. The van der Waals surface area contributed by atoms with Crippen LogP contribution in [0.2, 0.25) is 5.02 Å². The van der Waals surface area contributed by atoms with E-state index in [0.29, 0.717) is 0 Å². The van der Waals surface area contributed by atoms with Crippen LogP contribution in [0.3, 0.4) is 0 Å². The van der Waals surface area contributed by atoms with Gasteiger partial charge >= 0.3 is 5.69 Å². The molecule has 0 fully saturated rings. The van der Waals surface area contributed by atoms with Gasteiger partial charge in [-0.2, -0.15) is 5.26 Å². The lowest BCUT2D eigenvalue weighted by molar-refractivity contribution is -0.729. The number of nitriles is 1. The van der Waals surface area contributed by atoms with E-state index in [-0.39, 0.29) is 21.2 Å². The average molecular weight is 184 g/mol. The summed E-state index contributed by atoms with van der Waals surface area (Å²) >= 11 is 5.54. The van der Waals surface area contributed by atoms with E-state index in [1.807, 2.05) is 6.07 Å². The maximum atomic E-state index is 10.4. The molecule has 0 unspecified atom stereocenters. The predicted octanol–water partition coefficient (Wildman–Crippen LogP) is 2.01. The first-order chi connectivity index (χ1) is 5.65. The van der Waals surface area contributed by atoms with Gasteiger partial charge in [-0.15, -0.1) is 0 Å². The molecule has 0 radical (unpaired) electrons. The van der Waals surface area contributed by atoms with E-state index in [1.165, 1.54) is 18.2 Å². The minimum absolute atomic E-state index is 0.103.